The maximum atomic E-state index is 14.6. The average Bonchev–Trinajstić information content (AvgIpc) is 2.88. The van der Waals surface area contributed by atoms with E-state index in [1.165, 1.54) is 12.5 Å². The number of nitrogens with one attached hydrogen (secondary N) is 1. The molecule has 6 nitrogen and oxygen atoms in total. The van der Waals surface area contributed by atoms with E-state index in [1.54, 1.807) is 18.2 Å². The molecule has 1 amide bonds. The zero-order chi connectivity index (χ0) is 21.4. The Morgan fingerprint density at radius 2 is 2.00 bits per heavy atom. The van der Waals surface area contributed by atoms with Gasteiger partial charge < -0.3 is 14.8 Å². The van der Waals surface area contributed by atoms with Crippen molar-refractivity contribution in [2.75, 3.05) is 17.3 Å². The Bertz CT molecular complexity index is 1100. The molecular formula is C23H28FN5O. The minimum absolute atomic E-state index is 0.171. The van der Waals surface area contributed by atoms with Gasteiger partial charge in [-0.25, -0.2) is 14.4 Å². The van der Waals surface area contributed by atoms with E-state index in [9.17, 15) is 9.18 Å². The number of amides is 1. The summed E-state index contributed by atoms with van der Waals surface area (Å²) in [6.07, 6.45) is 4.26. The van der Waals surface area contributed by atoms with Crippen LogP contribution in [0.5, 0.6) is 0 Å². The first kappa shape index (κ1) is 20.3. The van der Waals surface area contributed by atoms with Crippen LogP contribution in [0.25, 0.3) is 11.2 Å². The quantitative estimate of drug-likeness (QED) is 0.678. The second-order valence-electron chi connectivity index (χ2n) is 8.30. The number of anilines is 2. The maximum absolute atomic E-state index is 14.6. The molecule has 0 atom stereocenters. The van der Waals surface area contributed by atoms with E-state index in [0.29, 0.717) is 22.5 Å². The van der Waals surface area contributed by atoms with Crippen LogP contribution in [-0.2, 0) is 13.0 Å². The minimum atomic E-state index is -0.367. The number of carbonyl (C=O) groups is 1. The van der Waals surface area contributed by atoms with E-state index in [0.717, 1.165) is 43.0 Å². The van der Waals surface area contributed by atoms with Crippen LogP contribution < -0.4 is 10.2 Å². The zero-order valence-corrected chi connectivity index (χ0v) is 18.0. The standard InChI is InChI=1S/C23H28FN5O/c1-14(2)28(4)19-10-9-16(13-18(19)24)26-23(30)17-12-15(3)25-22-21(17)27-20-8-6-5-7-11-29(20)22/h9-10,12-14H,5-8,11H2,1-4H3,(H,26,30). The molecule has 0 fully saturated rings. The van der Waals surface area contributed by atoms with E-state index in [2.05, 4.69) is 14.9 Å². The fourth-order valence-corrected chi connectivity index (χ4v) is 3.94. The zero-order valence-electron chi connectivity index (χ0n) is 18.0. The number of nitrogens with zero attached hydrogens (tertiary/aromatic N) is 4. The van der Waals surface area contributed by atoms with Crippen LogP contribution >= 0.6 is 0 Å². The Balaban J connectivity index is 1.66. The molecule has 0 spiro atoms. The first-order valence-electron chi connectivity index (χ1n) is 10.6. The number of aromatic nitrogens is 3. The van der Waals surface area contributed by atoms with Crippen LogP contribution in [0.15, 0.2) is 24.3 Å². The van der Waals surface area contributed by atoms with E-state index >= 15 is 0 Å². The molecule has 30 heavy (non-hydrogen) atoms. The number of carbonyl (C=O) groups excluding carboxylic acids is 1. The highest BCUT2D eigenvalue weighted by Crippen LogP contribution is 2.26. The number of fused-ring (bicyclic) bond motifs is 3. The van der Waals surface area contributed by atoms with Crippen LogP contribution in [0.3, 0.4) is 0 Å². The summed E-state index contributed by atoms with van der Waals surface area (Å²) in [5.74, 6) is 0.318. The summed E-state index contributed by atoms with van der Waals surface area (Å²) in [5.41, 5.74) is 3.54. The summed E-state index contributed by atoms with van der Waals surface area (Å²) in [7, 11) is 1.85. The minimum Gasteiger partial charge on any atom is -0.370 e. The molecule has 3 heterocycles. The molecule has 1 aliphatic heterocycles. The topological polar surface area (TPSA) is 63.1 Å². The third kappa shape index (κ3) is 3.76. The van der Waals surface area contributed by atoms with Gasteiger partial charge in [0.2, 0.25) is 0 Å². The van der Waals surface area contributed by atoms with Crippen molar-refractivity contribution in [1.29, 1.82) is 0 Å². The van der Waals surface area contributed by atoms with Gasteiger partial charge >= 0.3 is 0 Å². The second kappa shape index (κ2) is 8.05. The number of imidazole rings is 1. The number of aryl methyl sites for hydroxylation is 3. The monoisotopic (exact) mass is 409 g/mol. The van der Waals surface area contributed by atoms with Crippen molar-refractivity contribution in [2.24, 2.45) is 0 Å². The van der Waals surface area contributed by atoms with Crippen molar-refractivity contribution >= 4 is 28.4 Å². The molecule has 0 unspecified atom stereocenters. The predicted molar refractivity (Wildman–Crippen MR) is 118 cm³/mol. The Kier molecular flexibility index (Phi) is 5.45. The summed E-state index contributed by atoms with van der Waals surface area (Å²) < 4.78 is 16.7. The van der Waals surface area contributed by atoms with Gasteiger partial charge in [0.15, 0.2) is 5.65 Å². The molecule has 0 saturated heterocycles. The number of rotatable bonds is 4. The molecule has 3 aromatic rings. The molecule has 158 valence electrons. The van der Waals surface area contributed by atoms with Crippen molar-refractivity contribution in [1.82, 2.24) is 14.5 Å². The van der Waals surface area contributed by atoms with E-state index in [-0.39, 0.29) is 17.8 Å². The first-order chi connectivity index (χ1) is 14.3. The lowest BCUT2D eigenvalue weighted by Crippen LogP contribution is -2.26. The maximum Gasteiger partial charge on any atom is 0.258 e. The lowest BCUT2D eigenvalue weighted by molar-refractivity contribution is 0.102. The molecule has 0 aliphatic carbocycles. The van der Waals surface area contributed by atoms with Crippen molar-refractivity contribution in [2.45, 2.75) is 59.0 Å². The van der Waals surface area contributed by atoms with Gasteiger partial charge in [0.05, 0.1) is 11.3 Å². The van der Waals surface area contributed by atoms with Crippen LogP contribution in [0.1, 0.15) is 55.0 Å². The van der Waals surface area contributed by atoms with Crippen molar-refractivity contribution in [3.05, 3.63) is 47.2 Å². The van der Waals surface area contributed by atoms with Gasteiger partial charge in [0.1, 0.15) is 17.2 Å². The van der Waals surface area contributed by atoms with Crippen LogP contribution in [-0.4, -0.2) is 33.5 Å². The number of pyridine rings is 1. The van der Waals surface area contributed by atoms with Gasteiger partial charge in [-0.2, -0.15) is 0 Å². The van der Waals surface area contributed by atoms with Crippen molar-refractivity contribution < 1.29 is 9.18 Å². The van der Waals surface area contributed by atoms with Gasteiger partial charge in [-0.3, -0.25) is 4.79 Å². The van der Waals surface area contributed by atoms with Crippen molar-refractivity contribution in [3.8, 4) is 0 Å². The predicted octanol–water partition coefficient (Wildman–Crippen LogP) is 4.70. The normalized spacial score (nSPS) is 13.9. The Labute approximate surface area is 176 Å². The molecule has 7 heteroatoms. The largest absolute Gasteiger partial charge is 0.370 e. The molecule has 2 aromatic heterocycles. The second-order valence-corrected chi connectivity index (χ2v) is 8.30. The first-order valence-corrected chi connectivity index (χ1v) is 10.6. The smallest absolute Gasteiger partial charge is 0.258 e. The molecule has 1 aliphatic rings. The highest BCUT2D eigenvalue weighted by atomic mass is 19.1. The number of hydrogen-bond donors (Lipinski definition) is 1. The molecule has 4 rings (SSSR count). The summed E-state index contributed by atoms with van der Waals surface area (Å²) >= 11 is 0. The fraction of sp³-hybridized carbons (Fsp3) is 0.435. The molecule has 1 N–H and O–H groups in total. The van der Waals surface area contributed by atoms with Crippen LogP contribution in [0.4, 0.5) is 15.8 Å². The Morgan fingerprint density at radius 1 is 1.20 bits per heavy atom. The average molecular weight is 410 g/mol. The Hall–Kier alpha value is -2.96. The molecule has 0 radical (unpaired) electrons. The third-order valence-corrected chi connectivity index (χ3v) is 5.80. The van der Waals surface area contributed by atoms with E-state index in [4.69, 9.17) is 4.98 Å². The fourth-order valence-electron chi connectivity index (χ4n) is 3.94. The third-order valence-electron chi connectivity index (χ3n) is 5.80. The van der Waals surface area contributed by atoms with Crippen molar-refractivity contribution in [3.63, 3.8) is 0 Å². The number of benzene rings is 1. The highest BCUT2D eigenvalue weighted by Gasteiger charge is 2.21. The van der Waals surface area contributed by atoms with Gasteiger partial charge in [0.25, 0.3) is 5.91 Å². The summed E-state index contributed by atoms with van der Waals surface area (Å²) in [5, 5.41) is 2.83. The lowest BCUT2D eigenvalue weighted by atomic mass is 10.1. The molecular weight excluding hydrogens is 381 g/mol. The SMILES string of the molecule is Cc1cc(C(=O)Nc2ccc(N(C)C(C)C)c(F)c2)c2nc3n(c2n1)CCCCC3. The number of halogens is 1. The van der Waals surface area contributed by atoms with Gasteiger partial charge in [0, 0.05) is 37.4 Å². The van der Waals surface area contributed by atoms with E-state index < -0.39 is 0 Å². The van der Waals surface area contributed by atoms with Gasteiger partial charge in [-0.1, -0.05) is 6.42 Å². The molecule has 0 bridgehead atoms. The summed E-state index contributed by atoms with van der Waals surface area (Å²) in [6, 6.07) is 6.70. The van der Waals surface area contributed by atoms with E-state index in [1.807, 2.05) is 32.7 Å². The Morgan fingerprint density at radius 3 is 2.73 bits per heavy atom. The highest BCUT2D eigenvalue weighted by molar-refractivity contribution is 6.11. The van der Waals surface area contributed by atoms with Crippen LogP contribution in [0.2, 0.25) is 0 Å². The van der Waals surface area contributed by atoms with Gasteiger partial charge in [-0.15, -0.1) is 0 Å². The van der Waals surface area contributed by atoms with Crippen LogP contribution in [0, 0.1) is 12.7 Å². The summed E-state index contributed by atoms with van der Waals surface area (Å²) in [4.78, 5) is 24.3. The molecule has 0 saturated carbocycles. The lowest BCUT2D eigenvalue weighted by Gasteiger charge is -2.24. The molecule has 1 aromatic carbocycles. The number of hydrogen-bond acceptors (Lipinski definition) is 4. The summed E-state index contributed by atoms with van der Waals surface area (Å²) in [6.45, 7) is 6.75. The van der Waals surface area contributed by atoms with Gasteiger partial charge in [-0.05, 0) is 57.9 Å².